The van der Waals surface area contributed by atoms with Crippen molar-refractivity contribution >= 4 is 19.8 Å². The Kier molecular flexibility index (Phi) is 35.8. The molecular formula is C41H75O8P. The Labute approximate surface area is 306 Å². The second-order valence-electron chi connectivity index (χ2n) is 13.6. The van der Waals surface area contributed by atoms with Gasteiger partial charge in [0.05, 0.1) is 6.61 Å². The van der Waals surface area contributed by atoms with Crippen LogP contribution in [0.1, 0.15) is 194 Å². The van der Waals surface area contributed by atoms with Crippen LogP contribution in [-0.4, -0.2) is 41.0 Å². The fourth-order valence-corrected chi connectivity index (χ4v) is 5.93. The van der Waals surface area contributed by atoms with Gasteiger partial charge in [0.2, 0.25) is 0 Å². The lowest BCUT2D eigenvalue weighted by Gasteiger charge is -2.18. The van der Waals surface area contributed by atoms with Crippen LogP contribution >= 0.6 is 7.82 Å². The predicted molar refractivity (Wildman–Crippen MR) is 207 cm³/mol. The Morgan fingerprint density at radius 2 is 0.900 bits per heavy atom. The smallest absolute Gasteiger partial charge is 0.462 e. The van der Waals surface area contributed by atoms with E-state index in [2.05, 4.69) is 54.8 Å². The summed E-state index contributed by atoms with van der Waals surface area (Å²) in [7, 11) is -4.76. The van der Waals surface area contributed by atoms with Gasteiger partial charge in [-0.3, -0.25) is 14.1 Å². The highest BCUT2D eigenvalue weighted by Crippen LogP contribution is 2.36. The van der Waals surface area contributed by atoms with Crippen molar-refractivity contribution in [2.45, 2.75) is 200 Å². The summed E-state index contributed by atoms with van der Waals surface area (Å²) in [6.07, 6.45) is 42.9. The zero-order valence-electron chi connectivity index (χ0n) is 32.0. The molecule has 8 nitrogen and oxygen atoms in total. The summed E-state index contributed by atoms with van der Waals surface area (Å²) in [5.41, 5.74) is 0. The molecule has 0 radical (unpaired) electrons. The van der Waals surface area contributed by atoms with Gasteiger partial charge in [-0.15, -0.1) is 0 Å². The highest BCUT2D eigenvalue weighted by molar-refractivity contribution is 7.46. The summed E-state index contributed by atoms with van der Waals surface area (Å²) in [6.45, 7) is 3.64. The van der Waals surface area contributed by atoms with E-state index in [9.17, 15) is 14.2 Å². The van der Waals surface area contributed by atoms with Crippen molar-refractivity contribution in [3.05, 3.63) is 36.5 Å². The molecular weight excluding hydrogens is 651 g/mol. The summed E-state index contributed by atoms with van der Waals surface area (Å²) in [6, 6.07) is 0. The first-order chi connectivity index (χ1) is 24.3. The topological polar surface area (TPSA) is 119 Å². The first-order valence-corrected chi connectivity index (χ1v) is 21.8. The molecule has 0 heterocycles. The minimum Gasteiger partial charge on any atom is -0.462 e. The number of hydrogen-bond donors (Lipinski definition) is 2. The molecule has 0 aliphatic rings. The lowest BCUT2D eigenvalue weighted by atomic mass is 10.1. The molecule has 0 aromatic carbocycles. The molecule has 0 fully saturated rings. The van der Waals surface area contributed by atoms with Gasteiger partial charge in [-0.05, 0) is 70.6 Å². The van der Waals surface area contributed by atoms with Crippen LogP contribution in [0, 0.1) is 0 Å². The van der Waals surface area contributed by atoms with E-state index >= 15 is 0 Å². The third-order valence-electron chi connectivity index (χ3n) is 8.63. The maximum atomic E-state index is 12.4. The number of carbonyl (C=O) groups is 2. The molecule has 0 aliphatic carbocycles. The molecule has 0 saturated heterocycles. The fourth-order valence-electron chi connectivity index (χ4n) is 5.57. The van der Waals surface area contributed by atoms with Crippen molar-refractivity contribution in [1.29, 1.82) is 0 Å². The van der Waals surface area contributed by atoms with Gasteiger partial charge in [0.25, 0.3) is 0 Å². The van der Waals surface area contributed by atoms with Crippen LogP contribution in [0.15, 0.2) is 36.5 Å². The molecule has 0 aromatic heterocycles. The number of unbranched alkanes of at least 4 members (excludes halogenated alkanes) is 21. The van der Waals surface area contributed by atoms with E-state index < -0.39 is 32.5 Å². The van der Waals surface area contributed by atoms with E-state index in [-0.39, 0.29) is 19.4 Å². The molecule has 0 aromatic rings. The Bertz CT molecular complexity index is 910. The van der Waals surface area contributed by atoms with Gasteiger partial charge in [0.1, 0.15) is 6.61 Å². The number of hydrogen-bond acceptors (Lipinski definition) is 6. The first-order valence-electron chi connectivity index (χ1n) is 20.3. The predicted octanol–water partition coefficient (Wildman–Crippen LogP) is 12.2. The molecule has 0 amide bonds. The average Bonchev–Trinajstić information content (AvgIpc) is 3.08. The van der Waals surface area contributed by atoms with Gasteiger partial charge in [-0.2, -0.15) is 0 Å². The van der Waals surface area contributed by atoms with Crippen molar-refractivity contribution in [2.24, 2.45) is 0 Å². The summed E-state index contributed by atoms with van der Waals surface area (Å²) in [4.78, 5) is 42.8. The van der Waals surface area contributed by atoms with E-state index in [1.165, 1.54) is 103 Å². The molecule has 0 aliphatic heterocycles. The molecule has 0 rings (SSSR count). The van der Waals surface area contributed by atoms with Gasteiger partial charge < -0.3 is 19.3 Å². The standard InChI is InChI=1S/C41H75O8P/c1-3-5-7-9-11-13-15-17-19-20-22-23-25-27-29-31-33-35-40(42)47-37-39(38-48-50(44,45)46)49-41(43)36-34-32-30-28-26-24-21-18-16-14-12-10-8-6-4-2/h11,13,17,19,26,28,39H,3-10,12,14-16,18,20-25,27,29-38H2,1-2H3,(H2,44,45,46)/b13-11+,19-17+,28-26+/t39-/m1/s1. The molecule has 9 heteroatoms. The molecule has 2 N–H and O–H groups in total. The second-order valence-corrected chi connectivity index (χ2v) is 14.8. The molecule has 0 spiro atoms. The first kappa shape index (κ1) is 48.3. The SMILES string of the molecule is CCCCC/C=C/C/C=C/CCCCCCCCCC(=O)OC[C@H](COP(=O)(O)O)OC(=O)CCCC/C=C/CCCCCCCCCCC. The fraction of sp³-hybridized carbons (Fsp3) is 0.805. The minimum absolute atomic E-state index is 0.181. The van der Waals surface area contributed by atoms with Crippen molar-refractivity contribution in [1.82, 2.24) is 0 Å². The summed E-state index contributed by atoms with van der Waals surface area (Å²) in [5.74, 6) is -0.917. The van der Waals surface area contributed by atoms with Crippen molar-refractivity contribution in [3.8, 4) is 0 Å². The van der Waals surface area contributed by atoms with Crippen LogP contribution in [0.25, 0.3) is 0 Å². The molecule has 292 valence electrons. The van der Waals surface area contributed by atoms with E-state index in [0.29, 0.717) is 12.8 Å². The van der Waals surface area contributed by atoms with E-state index in [0.717, 1.165) is 51.4 Å². The van der Waals surface area contributed by atoms with E-state index in [1.807, 2.05) is 0 Å². The maximum absolute atomic E-state index is 12.4. The normalized spacial score (nSPS) is 12.8. The number of esters is 2. The minimum atomic E-state index is -4.76. The highest BCUT2D eigenvalue weighted by Gasteiger charge is 2.22. The Morgan fingerprint density at radius 1 is 0.520 bits per heavy atom. The highest BCUT2D eigenvalue weighted by atomic mass is 31.2. The number of allylic oxidation sites excluding steroid dienone is 6. The Balaban J connectivity index is 3.97. The zero-order valence-corrected chi connectivity index (χ0v) is 32.9. The van der Waals surface area contributed by atoms with Crippen LogP contribution in [0.3, 0.4) is 0 Å². The largest absolute Gasteiger partial charge is 0.469 e. The van der Waals surface area contributed by atoms with E-state index in [4.69, 9.17) is 19.3 Å². The van der Waals surface area contributed by atoms with Crippen LogP contribution in [-0.2, 0) is 28.2 Å². The maximum Gasteiger partial charge on any atom is 0.469 e. The van der Waals surface area contributed by atoms with Gasteiger partial charge >= 0.3 is 19.8 Å². The number of rotatable bonds is 37. The molecule has 0 bridgehead atoms. The van der Waals surface area contributed by atoms with Crippen molar-refractivity contribution in [2.75, 3.05) is 13.2 Å². The molecule has 0 saturated carbocycles. The van der Waals surface area contributed by atoms with Gasteiger partial charge in [-0.1, -0.05) is 147 Å². The number of ether oxygens (including phenoxy) is 2. The third-order valence-corrected chi connectivity index (χ3v) is 9.12. The van der Waals surface area contributed by atoms with Crippen LogP contribution in [0.4, 0.5) is 0 Å². The van der Waals surface area contributed by atoms with Gasteiger partial charge in [0.15, 0.2) is 6.10 Å². The lowest BCUT2D eigenvalue weighted by Crippen LogP contribution is -2.29. The lowest BCUT2D eigenvalue weighted by molar-refractivity contribution is -0.161. The third kappa shape index (κ3) is 39.1. The zero-order chi connectivity index (χ0) is 36.8. The monoisotopic (exact) mass is 727 g/mol. The van der Waals surface area contributed by atoms with Crippen molar-refractivity contribution in [3.63, 3.8) is 0 Å². The number of phosphoric ester groups is 1. The summed E-state index contributed by atoms with van der Waals surface area (Å²) < 4.78 is 26.3. The average molecular weight is 727 g/mol. The molecule has 1 atom stereocenters. The molecule has 50 heavy (non-hydrogen) atoms. The van der Waals surface area contributed by atoms with Crippen LogP contribution < -0.4 is 0 Å². The Hall–Kier alpha value is -1.73. The van der Waals surface area contributed by atoms with E-state index in [1.54, 1.807) is 0 Å². The van der Waals surface area contributed by atoms with Crippen LogP contribution in [0.5, 0.6) is 0 Å². The molecule has 0 unspecified atom stereocenters. The number of phosphoric acid groups is 1. The number of carbonyl (C=O) groups excluding carboxylic acids is 2. The second kappa shape index (κ2) is 37.0. The quantitative estimate of drug-likeness (QED) is 0.0281. The summed E-state index contributed by atoms with van der Waals surface area (Å²) >= 11 is 0. The van der Waals surface area contributed by atoms with Gasteiger partial charge in [-0.25, -0.2) is 4.57 Å². The summed E-state index contributed by atoms with van der Waals surface area (Å²) in [5, 5.41) is 0. The Morgan fingerprint density at radius 3 is 1.42 bits per heavy atom. The van der Waals surface area contributed by atoms with Crippen LogP contribution in [0.2, 0.25) is 0 Å². The van der Waals surface area contributed by atoms with Crippen molar-refractivity contribution < 1.29 is 37.9 Å². The van der Waals surface area contributed by atoms with Gasteiger partial charge in [0, 0.05) is 12.8 Å².